The first kappa shape index (κ1) is 11.3. The minimum atomic E-state index is -0.896. The van der Waals surface area contributed by atoms with Crippen LogP contribution >= 0.6 is 0 Å². The van der Waals surface area contributed by atoms with Crippen molar-refractivity contribution in [1.29, 1.82) is 0 Å². The highest BCUT2D eigenvalue weighted by molar-refractivity contribution is 5.79. The van der Waals surface area contributed by atoms with Crippen LogP contribution in [0.25, 0.3) is 0 Å². The summed E-state index contributed by atoms with van der Waals surface area (Å²) in [5, 5.41) is 8.25. The normalized spacial score (nSPS) is 8.85. The molecule has 0 atom stereocenters. The van der Waals surface area contributed by atoms with Crippen LogP contribution in [0.4, 0.5) is 0 Å². The number of hydrogen-bond acceptors (Lipinski definition) is 1. The Hall–Kier alpha value is -1.67. The number of allylic oxidation sites excluding steroid dienone is 1. The van der Waals surface area contributed by atoms with Crippen molar-refractivity contribution in [2.75, 3.05) is 0 Å². The zero-order valence-corrected chi connectivity index (χ0v) is 7.42. The second-order valence-corrected chi connectivity index (χ2v) is 2.43. The second-order valence-electron chi connectivity index (χ2n) is 2.43. The van der Waals surface area contributed by atoms with Crippen LogP contribution in [0, 0.1) is 24.2 Å². The third-order valence-electron chi connectivity index (χ3n) is 1.34. The van der Waals surface area contributed by atoms with Gasteiger partial charge in [-0.3, -0.25) is 0 Å². The fourth-order valence-electron chi connectivity index (χ4n) is 0.773. The van der Waals surface area contributed by atoms with Crippen molar-refractivity contribution in [3.63, 3.8) is 0 Å². The van der Waals surface area contributed by atoms with E-state index in [4.69, 9.17) is 11.5 Å². The number of terminal acetylenes is 1. The molecule has 0 spiro atoms. The third kappa shape index (κ3) is 10.3. The highest BCUT2D eigenvalue weighted by atomic mass is 16.4. The number of unbranched alkanes of at least 4 members (excludes halogenated alkanes) is 3. The van der Waals surface area contributed by atoms with Crippen LogP contribution in [0.1, 0.15) is 25.7 Å². The quantitative estimate of drug-likeness (QED) is 0.394. The predicted octanol–water partition coefficient (Wildman–Crippen LogP) is 1.82. The summed E-state index contributed by atoms with van der Waals surface area (Å²) in [5.41, 5.74) is 0. The molecule has 0 amide bonds. The van der Waals surface area contributed by atoms with Crippen molar-refractivity contribution in [3.8, 4) is 24.2 Å². The molecule has 0 bridgehead atoms. The zero-order valence-electron chi connectivity index (χ0n) is 7.42. The molecule has 0 saturated heterocycles. The number of carboxylic acids is 1. The molecule has 0 unspecified atom stereocenters. The molecule has 0 aliphatic rings. The molecular weight excluding hydrogens is 164 g/mol. The van der Waals surface area contributed by atoms with E-state index in [1.54, 1.807) is 6.08 Å². The monoisotopic (exact) mass is 176 g/mol. The van der Waals surface area contributed by atoms with Gasteiger partial charge >= 0.3 is 5.97 Å². The van der Waals surface area contributed by atoms with E-state index in [0.717, 1.165) is 31.8 Å². The molecule has 2 nitrogen and oxygen atoms in total. The Balaban J connectivity index is 3.28. The van der Waals surface area contributed by atoms with Crippen molar-refractivity contribution in [1.82, 2.24) is 0 Å². The van der Waals surface area contributed by atoms with E-state index in [0.29, 0.717) is 0 Å². The highest BCUT2D eigenvalue weighted by Gasteiger charge is 1.86. The van der Waals surface area contributed by atoms with Gasteiger partial charge in [-0.15, -0.1) is 6.42 Å². The summed E-state index contributed by atoms with van der Waals surface area (Å²) in [5.74, 6) is 6.67. The molecule has 0 rings (SSSR count). The van der Waals surface area contributed by atoms with E-state index in [9.17, 15) is 4.79 Å². The topological polar surface area (TPSA) is 37.3 Å². The van der Waals surface area contributed by atoms with Crippen LogP contribution in [0.2, 0.25) is 0 Å². The van der Waals surface area contributed by atoms with E-state index in [1.807, 2.05) is 0 Å². The molecule has 13 heavy (non-hydrogen) atoms. The Morgan fingerprint density at radius 2 is 2.23 bits per heavy atom. The van der Waals surface area contributed by atoms with Crippen LogP contribution in [0.3, 0.4) is 0 Å². The fourth-order valence-corrected chi connectivity index (χ4v) is 0.773. The second kappa shape index (κ2) is 8.43. The van der Waals surface area contributed by atoms with Crippen molar-refractivity contribution >= 4 is 5.97 Å². The zero-order chi connectivity index (χ0) is 9.94. The summed E-state index contributed by atoms with van der Waals surface area (Å²) in [4.78, 5) is 10.0. The Kier molecular flexibility index (Phi) is 7.34. The van der Waals surface area contributed by atoms with Gasteiger partial charge in [0.15, 0.2) is 0 Å². The average molecular weight is 176 g/mol. The molecule has 0 aliphatic heterocycles. The Labute approximate surface area is 78.7 Å². The van der Waals surface area contributed by atoms with Crippen molar-refractivity contribution < 1.29 is 9.90 Å². The van der Waals surface area contributed by atoms with Crippen molar-refractivity contribution in [2.45, 2.75) is 25.7 Å². The lowest BCUT2D eigenvalue weighted by Gasteiger charge is -1.89. The van der Waals surface area contributed by atoms with Gasteiger partial charge in [-0.05, 0) is 31.1 Å². The number of carbonyl (C=O) groups is 1. The summed E-state index contributed by atoms with van der Waals surface area (Å²) < 4.78 is 0. The number of aliphatic carboxylic acids is 1. The molecule has 0 aliphatic carbocycles. The molecular formula is C11H12O2. The fraction of sp³-hybridized carbons (Fsp3) is 0.364. The van der Waals surface area contributed by atoms with Gasteiger partial charge in [-0.25, -0.2) is 4.79 Å². The predicted molar refractivity (Wildman–Crippen MR) is 51.9 cm³/mol. The van der Waals surface area contributed by atoms with E-state index in [1.165, 1.54) is 0 Å². The molecule has 2 heteroatoms. The molecule has 0 radical (unpaired) electrons. The van der Waals surface area contributed by atoms with Crippen molar-refractivity contribution in [2.24, 2.45) is 0 Å². The number of hydrogen-bond donors (Lipinski definition) is 1. The molecule has 0 aromatic carbocycles. The average Bonchev–Trinajstić information content (AvgIpc) is 2.09. The smallest absolute Gasteiger partial charge is 0.327 e. The summed E-state index contributed by atoms with van der Waals surface area (Å²) >= 11 is 0. The van der Waals surface area contributed by atoms with Gasteiger partial charge in [0, 0.05) is 12.5 Å². The minimum absolute atomic E-state index is 0.782. The first-order chi connectivity index (χ1) is 6.27. The van der Waals surface area contributed by atoms with Gasteiger partial charge in [0.1, 0.15) is 0 Å². The summed E-state index contributed by atoms with van der Waals surface area (Å²) in [6.45, 7) is 0. The van der Waals surface area contributed by atoms with Crippen LogP contribution < -0.4 is 0 Å². The third-order valence-corrected chi connectivity index (χ3v) is 1.34. The largest absolute Gasteiger partial charge is 0.478 e. The lowest BCUT2D eigenvalue weighted by molar-refractivity contribution is -0.131. The number of carboxylic acid groups (broad SMARTS) is 1. The van der Waals surface area contributed by atoms with E-state index in [-0.39, 0.29) is 0 Å². The number of rotatable bonds is 5. The molecule has 68 valence electrons. The Bertz CT molecular complexity index is 271. The maximum Gasteiger partial charge on any atom is 0.327 e. The van der Waals surface area contributed by atoms with E-state index < -0.39 is 5.97 Å². The summed E-state index contributed by atoms with van der Waals surface area (Å²) in [6, 6.07) is 0. The van der Waals surface area contributed by atoms with E-state index in [2.05, 4.69) is 17.8 Å². The maximum absolute atomic E-state index is 10.0. The molecule has 1 N–H and O–H groups in total. The van der Waals surface area contributed by atoms with Crippen LogP contribution in [0.15, 0.2) is 12.2 Å². The van der Waals surface area contributed by atoms with Gasteiger partial charge in [0.25, 0.3) is 0 Å². The molecule has 0 aromatic heterocycles. The molecule has 0 aromatic rings. The summed E-state index contributed by atoms with van der Waals surface area (Å²) in [6.07, 6.45) is 11.2. The molecule has 0 heterocycles. The van der Waals surface area contributed by atoms with Crippen LogP contribution in [-0.2, 0) is 4.79 Å². The lowest BCUT2D eigenvalue weighted by Crippen LogP contribution is -1.85. The van der Waals surface area contributed by atoms with Gasteiger partial charge < -0.3 is 5.11 Å². The van der Waals surface area contributed by atoms with Crippen LogP contribution in [-0.4, -0.2) is 11.1 Å². The standard InChI is InChI=1S/C11H12O2/c1-2-3-4-5-6-7-8-9-10-11(12)13/h1,9-10H,5-8H2,(H,12,13)/b10-9+. The van der Waals surface area contributed by atoms with Gasteiger partial charge in [-0.2, -0.15) is 0 Å². The van der Waals surface area contributed by atoms with Crippen LogP contribution in [0.5, 0.6) is 0 Å². The summed E-state index contributed by atoms with van der Waals surface area (Å²) in [7, 11) is 0. The molecule has 0 saturated carbocycles. The lowest BCUT2D eigenvalue weighted by atomic mass is 10.2. The minimum Gasteiger partial charge on any atom is -0.478 e. The van der Waals surface area contributed by atoms with Crippen molar-refractivity contribution in [3.05, 3.63) is 12.2 Å². The van der Waals surface area contributed by atoms with Gasteiger partial charge in [0.2, 0.25) is 0 Å². The highest BCUT2D eigenvalue weighted by Crippen LogP contribution is 1.99. The Morgan fingerprint density at radius 3 is 2.85 bits per heavy atom. The molecule has 0 fully saturated rings. The first-order valence-corrected chi connectivity index (χ1v) is 4.10. The first-order valence-electron chi connectivity index (χ1n) is 4.10. The Morgan fingerprint density at radius 1 is 1.46 bits per heavy atom. The van der Waals surface area contributed by atoms with Gasteiger partial charge in [-0.1, -0.05) is 12.0 Å². The maximum atomic E-state index is 10.0. The van der Waals surface area contributed by atoms with E-state index >= 15 is 0 Å². The SMILES string of the molecule is C#CC#CCCCC/C=C/C(=O)O. The van der Waals surface area contributed by atoms with Gasteiger partial charge in [0.05, 0.1) is 0 Å².